The van der Waals surface area contributed by atoms with Gasteiger partial charge in [-0.1, -0.05) is 23.4 Å². The highest BCUT2D eigenvalue weighted by atomic mass is 35.5. The lowest BCUT2D eigenvalue weighted by atomic mass is 10.3. The lowest BCUT2D eigenvalue weighted by Crippen LogP contribution is -2.14. The molecule has 0 bridgehead atoms. The smallest absolute Gasteiger partial charge is 0.234 e. The molecule has 3 rings (SSSR count). The van der Waals surface area contributed by atoms with Crippen molar-refractivity contribution < 1.29 is 13.9 Å². The zero-order valence-electron chi connectivity index (χ0n) is 13.8. The number of amides is 1. The van der Waals surface area contributed by atoms with Gasteiger partial charge in [-0.3, -0.25) is 9.36 Å². The number of halogens is 2. The van der Waals surface area contributed by atoms with Crippen molar-refractivity contribution in [2.45, 2.75) is 5.16 Å². The van der Waals surface area contributed by atoms with Crippen LogP contribution >= 0.6 is 23.4 Å². The average Bonchev–Trinajstić information content (AvgIpc) is 3.12. The summed E-state index contributed by atoms with van der Waals surface area (Å²) in [4.78, 5) is 16.4. The van der Waals surface area contributed by atoms with E-state index in [1.165, 1.54) is 30.0 Å². The van der Waals surface area contributed by atoms with Crippen LogP contribution in [0.1, 0.15) is 0 Å². The van der Waals surface area contributed by atoms with Crippen LogP contribution in [0.2, 0.25) is 5.02 Å². The van der Waals surface area contributed by atoms with Crippen LogP contribution in [0.15, 0.2) is 60.0 Å². The topological polar surface area (TPSA) is 56.2 Å². The van der Waals surface area contributed by atoms with Gasteiger partial charge in [-0.25, -0.2) is 9.37 Å². The first-order valence-electron chi connectivity index (χ1n) is 7.62. The second-order valence-electron chi connectivity index (χ2n) is 5.24. The van der Waals surface area contributed by atoms with E-state index in [1.807, 2.05) is 35.0 Å². The summed E-state index contributed by atoms with van der Waals surface area (Å²) in [6.07, 6.45) is 3.49. The van der Waals surface area contributed by atoms with Gasteiger partial charge < -0.3 is 10.1 Å². The number of benzene rings is 2. The third-order valence-electron chi connectivity index (χ3n) is 3.49. The summed E-state index contributed by atoms with van der Waals surface area (Å²) in [5, 5.41) is 3.33. The van der Waals surface area contributed by atoms with Crippen LogP contribution in [0.4, 0.5) is 10.1 Å². The van der Waals surface area contributed by atoms with Crippen LogP contribution in [-0.4, -0.2) is 28.3 Å². The van der Waals surface area contributed by atoms with E-state index in [0.717, 1.165) is 11.4 Å². The number of hydrogen-bond donors (Lipinski definition) is 1. The molecule has 3 aromatic rings. The highest BCUT2D eigenvalue weighted by molar-refractivity contribution is 7.99. The molecule has 5 nitrogen and oxygen atoms in total. The molecule has 0 aliphatic carbocycles. The van der Waals surface area contributed by atoms with Gasteiger partial charge in [0, 0.05) is 23.8 Å². The zero-order chi connectivity index (χ0) is 18.5. The Labute approximate surface area is 159 Å². The van der Waals surface area contributed by atoms with Crippen molar-refractivity contribution in [3.63, 3.8) is 0 Å². The van der Waals surface area contributed by atoms with E-state index in [0.29, 0.717) is 10.8 Å². The van der Waals surface area contributed by atoms with Crippen molar-refractivity contribution in [1.82, 2.24) is 9.55 Å². The number of carbonyl (C=O) groups excluding carboxylic acids is 1. The van der Waals surface area contributed by atoms with E-state index < -0.39 is 5.82 Å². The van der Waals surface area contributed by atoms with E-state index in [-0.39, 0.29) is 16.7 Å². The fourth-order valence-corrected chi connectivity index (χ4v) is 3.19. The minimum atomic E-state index is -0.527. The van der Waals surface area contributed by atoms with E-state index in [4.69, 9.17) is 16.3 Å². The molecule has 0 unspecified atom stereocenters. The molecule has 0 aliphatic rings. The second kappa shape index (κ2) is 8.25. The third kappa shape index (κ3) is 4.36. The van der Waals surface area contributed by atoms with Crippen LogP contribution in [0.3, 0.4) is 0 Å². The average molecular weight is 392 g/mol. The Morgan fingerprint density at radius 3 is 2.77 bits per heavy atom. The summed E-state index contributed by atoms with van der Waals surface area (Å²) in [7, 11) is 1.61. The van der Waals surface area contributed by atoms with Gasteiger partial charge >= 0.3 is 0 Å². The maximum absolute atomic E-state index is 13.2. The lowest BCUT2D eigenvalue weighted by Gasteiger charge is -2.09. The maximum Gasteiger partial charge on any atom is 0.234 e. The van der Waals surface area contributed by atoms with Gasteiger partial charge in [0.2, 0.25) is 5.91 Å². The van der Waals surface area contributed by atoms with Gasteiger partial charge in [-0.15, -0.1) is 0 Å². The summed E-state index contributed by atoms with van der Waals surface area (Å²) in [6, 6.07) is 11.6. The Balaban J connectivity index is 1.63. The number of ether oxygens (including phenoxy) is 1. The van der Waals surface area contributed by atoms with Crippen molar-refractivity contribution in [2.24, 2.45) is 0 Å². The largest absolute Gasteiger partial charge is 0.497 e. The highest BCUT2D eigenvalue weighted by Gasteiger charge is 2.10. The quantitative estimate of drug-likeness (QED) is 0.632. The molecule has 26 heavy (non-hydrogen) atoms. The number of aromatic nitrogens is 2. The lowest BCUT2D eigenvalue weighted by molar-refractivity contribution is -0.113. The third-order valence-corrected chi connectivity index (χ3v) is 4.75. The van der Waals surface area contributed by atoms with Gasteiger partial charge in [0.25, 0.3) is 0 Å². The Morgan fingerprint density at radius 2 is 2.08 bits per heavy atom. The molecule has 0 spiro atoms. The Hall–Kier alpha value is -2.51. The molecule has 0 fully saturated rings. The fraction of sp³-hybridized carbons (Fsp3) is 0.111. The molecule has 1 aromatic heterocycles. The summed E-state index contributed by atoms with van der Waals surface area (Å²) in [6.45, 7) is 0. The maximum atomic E-state index is 13.2. The second-order valence-corrected chi connectivity index (χ2v) is 6.59. The molecule has 0 aliphatic heterocycles. The molecule has 0 saturated heterocycles. The fourth-order valence-electron chi connectivity index (χ4n) is 2.24. The SMILES string of the molecule is COc1ccc(-n2ccnc2SCC(=O)Nc2ccc(F)c(Cl)c2)cc1. The molecule has 8 heteroatoms. The number of hydrogen-bond acceptors (Lipinski definition) is 4. The molecule has 0 radical (unpaired) electrons. The zero-order valence-corrected chi connectivity index (χ0v) is 15.4. The molecule has 0 atom stereocenters. The Bertz CT molecular complexity index is 915. The molecular weight excluding hydrogens is 377 g/mol. The summed E-state index contributed by atoms with van der Waals surface area (Å²) >= 11 is 7.01. The van der Waals surface area contributed by atoms with Gasteiger partial charge in [0.1, 0.15) is 11.6 Å². The van der Waals surface area contributed by atoms with Crippen molar-refractivity contribution in [3.8, 4) is 11.4 Å². The van der Waals surface area contributed by atoms with E-state index >= 15 is 0 Å². The summed E-state index contributed by atoms with van der Waals surface area (Å²) in [5.41, 5.74) is 1.36. The molecule has 2 aromatic carbocycles. The molecular formula is C18H15ClFN3O2S. The Kier molecular flexibility index (Phi) is 5.80. The van der Waals surface area contributed by atoms with Crippen LogP contribution in [-0.2, 0) is 4.79 Å². The highest BCUT2D eigenvalue weighted by Crippen LogP contribution is 2.23. The first kappa shape index (κ1) is 18.3. The van der Waals surface area contributed by atoms with Crippen molar-refractivity contribution in [3.05, 3.63) is 65.7 Å². The van der Waals surface area contributed by atoms with E-state index in [2.05, 4.69) is 10.3 Å². The van der Waals surface area contributed by atoms with E-state index in [1.54, 1.807) is 13.3 Å². The number of methoxy groups -OCH3 is 1. The number of anilines is 1. The number of imidazole rings is 1. The van der Waals surface area contributed by atoms with Crippen molar-refractivity contribution >= 4 is 35.0 Å². The molecule has 1 heterocycles. The van der Waals surface area contributed by atoms with Gasteiger partial charge in [-0.2, -0.15) is 0 Å². The molecule has 1 amide bonds. The molecule has 134 valence electrons. The van der Waals surface area contributed by atoms with Crippen LogP contribution in [0.25, 0.3) is 5.69 Å². The number of rotatable bonds is 6. The number of thioether (sulfide) groups is 1. The van der Waals surface area contributed by atoms with Gasteiger partial charge in [-0.05, 0) is 42.5 Å². The van der Waals surface area contributed by atoms with E-state index in [9.17, 15) is 9.18 Å². The minimum Gasteiger partial charge on any atom is -0.497 e. The predicted molar refractivity (Wildman–Crippen MR) is 101 cm³/mol. The first-order valence-corrected chi connectivity index (χ1v) is 8.98. The monoisotopic (exact) mass is 391 g/mol. The van der Waals surface area contributed by atoms with Gasteiger partial charge in [0.05, 0.1) is 17.9 Å². The number of carbonyl (C=O) groups is 1. The van der Waals surface area contributed by atoms with Crippen molar-refractivity contribution in [1.29, 1.82) is 0 Å². The first-order chi connectivity index (χ1) is 12.6. The summed E-state index contributed by atoms with van der Waals surface area (Å²) in [5.74, 6) is 0.158. The van der Waals surface area contributed by atoms with Crippen LogP contribution in [0.5, 0.6) is 5.75 Å². The number of nitrogens with zero attached hydrogens (tertiary/aromatic N) is 2. The van der Waals surface area contributed by atoms with Gasteiger partial charge in [0.15, 0.2) is 5.16 Å². The predicted octanol–water partition coefficient (Wildman–Crippen LogP) is 4.40. The molecule has 1 N–H and O–H groups in total. The number of nitrogens with one attached hydrogen (secondary N) is 1. The Morgan fingerprint density at radius 1 is 1.31 bits per heavy atom. The standard InChI is InChI=1S/C18H15ClFN3O2S/c1-25-14-5-3-13(4-6-14)23-9-8-21-18(23)26-11-17(24)22-12-2-7-16(20)15(19)10-12/h2-10H,11H2,1H3,(H,22,24). The summed E-state index contributed by atoms with van der Waals surface area (Å²) < 4.78 is 20.2. The minimum absolute atomic E-state index is 0.0366. The van der Waals surface area contributed by atoms with Crippen LogP contribution < -0.4 is 10.1 Å². The molecule has 0 saturated carbocycles. The normalized spacial score (nSPS) is 10.6. The van der Waals surface area contributed by atoms with Crippen LogP contribution in [0, 0.1) is 5.82 Å². The van der Waals surface area contributed by atoms with Crippen molar-refractivity contribution in [2.75, 3.05) is 18.2 Å².